The monoisotopic (exact) mass is 129 g/mol. The molecule has 0 aromatic carbocycles. The minimum atomic E-state index is 1.04. The molecular formula is C6H11NS. The first-order chi connectivity index (χ1) is 3.81. The molecule has 0 rings (SSSR count). The summed E-state index contributed by atoms with van der Waals surface area (Å²) in [4.78, 5) is 1.04. The second-order valence-corrected chi connectivity index (χ2v) is 2.41. The summed E-state index contributed by atoms with van der Waals surface area (Å²) in [6.45, 7) is 5.72. The second-order valence-electron chi connectivity index (χ2n) is 1.27. The zero-order valence-electron chi connectivity index (χ0n) is 5.27. The van der Waals surface area contributed by atoms with Gasteiger partial charge in [-0.3, -0.25) is 4.72 Å². The van der Waals surface area contributed by atoms with Crippen molar-refractivity contribution in [2.24, 2.45) is 0 Å². The topological polar surface area (TPSA) is 12.0 Å². The quantitative estimate of drug-likeness (QED) is 0.461. The average molecular weight is 129 g/mol. The number of rotatable bonds is 3. The Morgan fingerprint density at radius 3 is 2.75 bits per heavy atom. The second kappa shape index (κ2) is 4.94. The highest BCUT2D eigenvalue weighted by atomic mass is 32.2. The maximum atomic E-state index is 3.75. The summed E-state index contributed by atoms with van der Waals surface area (Å²) < 4.78 is 2.92. The van der Waals surface area contributed by atoms with Crippen LogP contribution in [-0.2, 0) is 0 Å². The molecule has 0 heterocycles. The fourth-order valence-electron chi connectivity index (χ4n) is 0.351. The van der Waals surface area contributed by atoms with E-state index in [0.717, 1.165) is 4.91 Å². The van der Waals surface area contributed by atoms with E-state index in [4.69, 9.17) is 0 Å². The van der Waals surface area contributed by atoms with Crippen molar-refractivity contribution in [1.82, 2.24) is 4.72 Å². The minimum absolute atomic E-state index is 1.04. The van der Waals surface area contributed by atoms with E-state index in [-0.39, 0.29) is 0 Å². The van der Waals surface area contributed by atoms with E-state index in [1.54, 1.807) is 0 Å². The normalized spacial score (nSPS) is 10.2. The lowest BCUT2D eigenvalue weighted by molar-refractivity contribution is 1.30. The predicted octanol–water partition coefficient (Wildman–Crippen LogP) is 1.94. The van der Waals surface area contributed by atoms with Crippen LogP contribution in [0.3, 0.4) is 0 Å². The summed E-state index contributed by atoms with van der Waals surface area (Å²) in [5, 5.41) is 0. The van der Waals surface area contributed by atoms with Gasteiger partial charge in [0.2, 0.25) is 0 Å². The molecule has 0 saturated carbocycles. The van der Waals surface area contributed by atoms with Crippen LogP contribution >= 0.6 is 11.9 Å². The Morgan fingerprint density at radius 1 is 1.75 bits per heavy atom. The van der Waals surface area contributed by atoms with Gasteiger partial charge in [-0.15, -0.1) is 0 Å². The molecule has 0 fully saturated rings. The molecule has 0 spiro atoms. The smallest absolute Gasteiger partial charge is 0.0152 e. The minimum Gasteiger partial charge on any atom is -0.263 e. The van der Waals surface area contributed by atoms with Crippen LogP contribution in [0.4, 0.5) is 0 Å². The number of hydrogen-bond donors (Lipinski definition) is 1. The number of nitrogens with one attached hydrogen (secondary N) is 1. The SMILES string of the molecule is C=C(/C=C\C)SNC. The standard InChI is InChI=1S/C6H11NS/c1-4-5-6(2)8-7-3/h4-5,7H,2H2,1,3H3/b5-4-. The summed E-state index contributed by atoms with van der Waals surface area (Å²) >= 11 is 1.52. The van der Waals surface area contributed by atoms with Gasteiger partial charge in [0.1, 0.15) is 0 Å². The van der Waals surface area contributed by atoms with Gasteiger partial charge in [0.05, 0.1) is 0 Å². The van der Waals surface area contributed by atoms with Crippen molar-refractivity contribution in [1.29, 1.82) is 0 Å². The summed E-state index contributed by atoms with van der Waals surface area (Å²) in [5.74, 6) is 0. The summed E-state index contributed by atoms with van der Waals surface area (Å²) in [6, 6.07) is 0. The van der Waals surface area contributed by atoms with Crippen LogP contribution in [0.1, 0.15) is 6.92 Å². The van der Waals surface area contributed by atoms with Gasteiger partial charge in [0.15, 0.2) is 0 Å². The van der Waals surface area contributed by atoms with Crippen LogP contribution in [0.2, 0.25) is 0 Å². The van der Waals surface area contributed by atoms with Gasteiger partial charge in [0, 0.05) is 4.91 Å². The molecule has 0 bridgehead atoms. The molecule has 0 amide bonds. The number of allylic oxidation sites excluding steroid dienone is 2. The van der Waals surface area contributed by atoms with E-state index in [9.17, 15) is 0 Å². The van der Waals surface area contributed by atoms with Gasteiger partial charge in [-0.2, -0.15) is 0 Å². The van der Waals surface area contributed by atoms with E-state index in [0.29, 0.717) is 0 Å². The van der Waals surface area contributed by atoms with Gasteiger partial charge in [-0.25, -0.2) is 0 Å². The molecule has 0 atom stereocenters. The maximum Gasteiger partial charge on any atom is 0.0152 e. The van der Waals surface area contributed by atoms with Crippen molar-refractivity contribution < 1.29 is 0 Å². The molecule has 0 radical (unpaired) electrons. The van der Waals surface area contributed by atoms with Gasteiger partial charge in [-0.05, 0) is 25.9 Å². The molecule has 0 aliphatic carbocycles. The Balaban J connectivity index is 3.33. The van der Waals surface area contributed by atoms with Crippen LogP contribution in [0.15, 0.2) is 23.6 Å². The Bertz CT molecular complexity index is 96.7. The lowest BCUT2D eigenvalue weighted by Gasteiger charge is -1.92. The van der Waals surface area contributed by atoms with Crippen LogP contribution in [-0.4, -0.2) is 7.05 Å². The third kappa shape index (κ3) is 3.96. The molecule has 2 heteroatoms. The van der Waals surface area contributed by atoms with Crippen LogP contribution < -0.4 is 4.72 Å². The van der Waals surface area contributed by atoms with Gasteiger partial charge in [0.25, 0.3) is 0 Å². The van der Waals surface area contributed by atoms with E-state index in [1.807, 2.05) is 26.1 Å². The maximum absolute atomic E-state index is 3.75. The molecule has 0 aliphatic rings. The molecule has 0 aliphatic heterocycles. The van der Waals surface area contributed by atoms with Crippen molar-refractivity contribution >= 4 is 11.9 Å². The first-order valence-corrected chi connectivity index (χ1v) is 3.28. The molecule has 1 nitrogen and oxygen atoms in total. The summed E-state index contributed by atoms with van der Waals surface area (Å²) in [5.41, 5.74) is 0. The molecular weight excluding hydrogens is 118 g/mol. The van der Waals surface area contributed by atoms with Gasteiger partial charge in [-0.1, -0.05) is 18.7 Å². The van der Waals surface area contributed by atoms with Crippen LogP contribution in [0.25, 0.3) is 0 Å². The molecule has 8 heavy (non-hydrogen) atoms. The van der Waals surface area contributed by atoms with Crippen molar-refractivity contribution in [3.05, 3.63) is 23.6 Å². The lowest BCUT2D eigenvalue weighted by atomic mass is 10.5. The lowest BCUT2D eigenvalue weighted by Crippen LogP contribution is -1.89. The third-order valence-corrected chi connectivity index (χ3v) is 1.19. The summed E-state index contributed by atoms with van der Waals surface area (Å²) in [6.07, 6.45) is 3.92. The third-order valence-electron chi connectivity index (χ3n) is 0.586. The highest BCUT2D eigenvalue weighted by Gasteiger charge is 1.80. The molecule has 0 aromatic heterocycles. The fraction of sp³-hybridized carbons (Fsp3) is 0.333. The fourth-order valence-corrected chi connectivity index (χ4v) is 0.817. The number of hydrogen-bond acceptors (Lipinski definition) is 2. The summed E-state index contributed by atoms with van der Waals surface area (Å²) in [7, 11) is 1.87. The van der Waals surface area contributed by atoms with Crippen LogP contribution in [0, 0.1) is 0 Å². The van der Waals surface area contributed by atoms with E-state index in [1.165, 1.54) is 11.9 Å². The van der Waals surface area contributed by atoms with Crippen molar-refractivity contribution in [3.63, 3.8) is 0 Å². The highest BCUT2D eigenvalue weighted by Crippen LogP contribution is 2.07. The molecule has 0 aromatic rings. The largest absolute Gasteiger partial charge is 0.263 e. The molecule has 1 N–H and O–H groups in total. The highest BCUT2D eigenvalue weighted by molar-refractivity contribution is 8.01. The Labute approximate surface area is 55.0 Å². The van der Waals surface area contributed by atoms with Gasteiger partial charge >= 0.3 is 0 Å². The first-order valence-electron chi connectivity index (χ1n) is 2.46. The Hall–Kier alpha value is -0.210. The Morgan fingerprint density at radius 2 is 2.38 bits per heavy atom. The van der Waals surface area contributed by atoms with E-state index in [2.05, 4.69) is 11.3 Å². The average Bonchev–Trinajstić information content (AvgIpc) is 1.68. The zero-order valence-corrected chi connectivity index (χ0v) is 6.09. The molecule has 0 saturated heterocycles. The van der Waals surface area contributed by atoms with Crippen molar-refractivity contribution in [2.75, 3.05) is 7.05 Å². The predicted molar refractivity (Wildman–Crippen MR) is 40.6 cm³/mol. The first kappa shape index (κ1) is 7.79. The van der Waals surface area contributed by atoms with Crippen LogP contribution in [0.5, 0.6) is 0 Å². The Kier molecular flexibility index (Phi) is 4.81. The molecule has 46 valence electrons. The van der Waals surface area contributed by atoms with Gasteiger partial charge < -0.3 is 0 Å². The van der Waals surface area contributed by atoms with E-state index < -0.39 is 0 Å². The van der Waals surface area contributed by atoms with Crippen molar-refractivity contribution in [3.8, 4) is 0 Å². The zero-order chi connectivity index (χ0) is 6.41. The van der Waals surface area contributed by atoms with Crippen molar-refractivity contribution in [2.45, 2.75) is 6.92 Å². The molecule has 0 unspecified atom stereocenters. The van der Waals surface area contributed by atoms with E-state index >= 15 is 0 Å².